The number of hydrogen-bond donors (Lipinski definition) is 0. The van der Waals surface area contributed by atoms with Crippen molar-refractivity contribution >= 4 is 5.91 Å². The molecule has 2 aromatic heterocycles. The van der Waals surface area contributed by atoms with Crippen LogP contribution in [0.15, 0.2) is 12.3 Å². The summed E-state index contributed by atoms with van der Waals surface area (Å²) in [6.45, 7) is 7.81. The molecular weight excluding hydrogens is 361 g/mol. The third kappa shape index (κ3) is 4.15. The van der Waals surface area contributed by atoms with Crippen molar-refractivity contribution in [2.45, 2.75) is 33.1 Å². The maximum atomic E-state index is 12.8. The Hall–Kier alpha value is -2.36. The molecule has 1 amide bonds. The van der Waals surface area contributed by atoms with Gasteiger partial charge in [-0.25, -0.2) is 0 Å². The van der Waals surface area contributed by atoms with Crippen LogP contribution >= 0.6 is 0 Å². The second-order valence-electron chi connectivity index (χ2n) is 6.70. The summed E-state index contributed by atoms with van der Waals surface area (Å²) in [4.78, 5) is 16.4. The van der Waals surface area contributed by atoms with Crippen molar-refractivity contribution in [3.05, 3.63) is 34.9 Å². The van der Waals surface area contributed by atoms with E-state index in [1.165, 1.54) is 7.05 Å². The van der Waals surface area contributed by atoms with E-state index in [4.69, 9.17) is 0 Å². The first kappa shape index (κ1) is 19.4. The largest absolute Gasteiger partial charge is 0.435 e. The Labute approximate surface area is 155 Å². The summed E-state index contributed by atoms with van der Waals surface area (Å²) < 4.78 is 41.3. The van der Waals surface area contributed by atoms with Crippen molar-refractivity contribution in [2.75, 3.05) is 26.2 Å². The lowest BCUT2D eigenvalue weighted by Gasteiger charge is -2.34. The summed E-state index contributed by atoms with van der Waals surface area (Å²) >= 11 is 0. The normalized spacial score (nSPS) is 16.1. The maximum absolute atomic E-state index is 12.8. The second-order valence-corrected chi connectivity index (χ2v) is 6.70. The van der Waals surface area contributed by atoms with Gasteiger partial charge in [-0.15, -0.1) is 0 Å². The maximum Gasteiger partial charge on any atom is 0.435 e. The van der Waals surface area contributed by atoms with Crippen LogP contribution in [0.25, 0.3) is 0 Å². The van der Waals surface area contributed by atoms with E-state index in [9.17, 15) is 18.0 Å². The highest BCUT2D eigenvalue weighted by Crippen LogP contribution is 2.28. The molecule has 0 saturated carbocycles. The van der Waals surface area contributed by atoms with Crippen LogP contribution in [0.3, 0.4) is 0 Å². The lowest BCUT2D eigenvalue weighted by Crippen LogP contribution is -2.48. The highest BCUT2D eigenvalue weighted by molar-refractivity contribution is 5.92. The van der Waals surface area contributed by atoms with Gasteiger partial charge >= 0.3 is 6.18 Å². The van der Waals surface area contributed by atoms with Crippen molar-refractivity contribution in [1.82, 2.24) is 29.4 Å². The minimum atomic E-state index is -4.56. The second kappa shape index (κ2) is 7.34. The van der Waals surface area contributed by atoms with Gasteiger partial charge in [0.15, 0.2) is 5.69 Å². The van der Waals surface area contributed by atoms with E-state index < -0.39 is 17.8 Å². The Bertz CT molecular complexity index is 817. The summed E-state index contributed by atoms with van der Waals surface area (Å²) in [6.07, 6.45) is -2.53. The first-order chi connectivity index (χ1) is 12.7. The smallest absolute Gasteiger partial charge is 0.335 e. The van der Waals surface area contributed by atoms with E-state index >= 15 is 0 Å². The van der Waals surface area contributed by atoms with Gasteiger partial charge in [0, 0.05) is 64.1 Å². The molecule has 3 rings (SSSR count). The number of carbonyl (C=O) groups is 1. The number of amides is 1. The number of aromatic nitrogens is 4. The van der Waals surface area contributed by atoms with E-state index in [0.717, 1.165) is 35.1 Å². The molecule has 1 aliphatic heterocycles. The van der Waals surface area contributed by atoms with Crippen molar-refractivity contribution in [1.29, 1.82) is 0 Å². The predicted molar refractivity (Wildman–Crippen MR) is 92.0 cm³/mol. The average Bonchev–Trinajstić information content (AvgIpc) is 3.18. The average molecular weight is 384 g/mol. The molecule has 0 aromatic carbocycles. The summed E-state index contributed by atoms with van der Waals surface area (Å²) in [5.74, 6) is -0.421. The number of rotatable bonds is 4. The summed E-state index contributed by atoms with van der Waals surface area (Å²) in [6, 6.07) is 0.817. The fourth-order valence-corrected chi connectivity index (χ4v) is 3.19. The number of carbonyl (C=O) groups excluding carboxylic acids is 1. The highest BCUT2D eigenvalue weighted by atomic mass is 19.4. The minimum Gasteiger partial charge on any atom is -0.335 e. The number of piperazine rings is 1. The van der Waals surface area contributed by atoms with E-state index in [2.05, 4.69) is 15.1 Å². The predicted octanol–water partition coefficient (Wildman–Crippen LogP) is 1.92. The number of hydrogen-bond acceptors (Lipinski definition) is 4. The Morgan fingerprint density at radius 1 is 1.19 bits per heavy atom. The van der Waals surface area contributed by atoms with Gasteiger partial charge in [0.05, 0.1) is 5.69 Å². The van der Waals surface area contributed by atoms with Gasteiger partial charge in [-0.2, -0.15) is 23.4 Å². The van der Waals surface area contributed by atoms with E-state index in [1.54, 1.807) is 4.90 Å². The lowest BCUT2D eigenvalue weighted by atomic mass is 10.2. The Morgan fingerprint density at radius 3 is 2.37 bits per heavy atom. The molecule has 0 bridgehead atoms. The number of halogens is 3. The van der Waals surface area contributed by atoms with E-state index in [1.807, 2.05) is 24.7 Å². The van der Waals surface area contributed by atoms with Crippen LogP contribution in [0.2, 0.25) is 0 Å². The quantitative estimate of drug-likeness (QED) is 0.808. The van der Waals surface area contributed by atoms with Crippen LogP contribution in [0.5, 0.6) is 0 Å². The fourth-order valence-electron chi connectivity index (χ4n) is 3.19. The molecule has 1 fully saturated rings. The van der Waals surface area contributed by atoms with Crippen LogP contribution in [0.1, 0.15) is 34.4 Å². The van der Waals surface area contributed by atoms with Crippen molar-refractivity contribution in [3.63, 3.8) is 0 Å². The zero-order valence-electron chi connectivity index (χ0n) is 15.6. The van der Waals surface area contributed by atoms with Crippen molar-refractivity contribution in [3.8, 4) is 0 Å². The van der Waals surface area contributed by atoms with Crippen LogP contribution in [0, 0.1) is 6.92 Å². The van der Waals surface area contributed by atoms with Gasteiger partial charge in [0.25, 0.3) is 5.91 Å². The zero-order valence-corrected chi connectivity index (χ0v) is 15.6. The molecule has 1 saturated heterocycles. The van der Waals surface area contributed by atoms with Gasteiger partial charge in [-0.05, 0) is 13.8 Å². The summed E-state index contributed by atoms with van der Waals surface area (Å²) in [5.41, 5.74) is 1.05. The Morgan fingerprint density at radius 2 is 1.85 bits per heavy atom. The number of aryl methyl sites for hydroxylation is 3. The molecule has 0 atom stereocenters. The standard InChI is InChI=1S/C17H23F3N6O/c1-4-26-11-13(12(2)21-26)10-24-5-7-25(8-6-24)16(27)14-9-15(17(18,19)20)22-23(14)3/h9,11H,4-8,10H2,1-3H3. The van der Waals surface area contributed by atoms with Crippen LogP contribution < -0.4 is 0 Å². The molecule has 0 spiro atoms. The van der Waals surface area contributed by atoms with E-state index in [-0.39, 0.29) is 5.69 Å². The molecule has 10 heteroatoms. The van der Waals surface area contributed by atoms with Crippen LogP contribution in [0.4, 0.5) is 13.2 Å². The monoisotopic (exact) mass is 384 g/mol. The third-order valence-electron chi connectivity index (χ3n) is 4.81. The molecule has 0 N–H and O–H groups in total. The first-order valence-electron chi connectivity index (χ1n) is 8.84. The van der Waals surface area contributed by atoms with Gasteiger partial charge in [-0.1, -0.05) is 0 Å². The molecular formula is C17H23F3N6O. The zero-order chi connectivity index (χ0) is 19.8. The van der Waals surface area contributed by atoms with E-state index in [0.29, 0.717) is 26.2 Å². The number of nitrogens with zero attached hydrogens (tertiary/aromatic N) is 6. The first-order valence-corrected chi connectivity index (χ1v) is 8.84. The molecule has 2 aromatic rings. The SMILES string of the molecule is CCn1cc(CN2CCN(C(=O)c3cc(C(F)(F)F)nn3C)CC2)c(C)n1. The molecule has 0 radical (unpaired) electrons. The van der Waals surface area contributed by atoms with Crippen molar-refractivity contribution < 1.29 is 18.0 Å². The molecule has 3 heterocycles. The minimum absolute atomic E-state index is 0.0455. The summed E-state index contributed by atoms with van der Waals surface area (Å²) in [7, 11) is 1.35. The van der Waals surface area contributed by atoms with Crippen LogP contribution in [-0.2, 0) is 26.3 Å². The molecule has 148 valence electrons. The molecule has 27 heavy (non-hydrogen) atoms. The molecule has 0 aliphatic carbocycles. The molecule has 1 aliphatic rings. The summed E-state index contributed by atoms with van der Waals surface area (Å²) in [5, 5.41) is 7.85. The lowest BCUT2D eigenvalue weighted by molar-refractivity contribution is -0.141. The third-order valence-corrected chi connectivity index (χ3v) is 4.81. The Balaban J connectivity index is 1.61. The van der Waals surface area contributed by atoms with Gasteiger partial charge < -0.3 is 4.90 Å². The number of alkyl halides is 3. The van der Waals surface area contributed by atoms with Crippen molar-refractivity contribution in [2.24, 2.45) is 7.05 Å². The molecule has 0 unspecified atom stereocenters. The topological polar surface area (TPSA) is 59.2 Å². The fraction of sp³-hybridized carbons (Fsp3) is 0.588. The van der Waals surface area contributed by atoms with Crippen LogP contribution in [-0.4, -0.2) is 61.4 Å². The molecule has 7 nitrogen and oxygen atoms in total. The van der Waals surface area contributed by atoms with Gasteiger partial charge in [0.2, 0.25) is 0 Å². The Kier molecular flexibility index (Phi) is 5.27. The van der Waals surface area contributed by atoms with Gasteiger partial charge in [-0.3, -0.25) is 19.1 Å². The highest BCUT2D eigenvalue weighted by Gasteiger charge is 2.36. The van der Waals surface area contributed by atoms with Gasteiger partial charge in [0.1, 0.15) is 5.69 Å².